The van der Waals surface area contributed by atoms with Crippen LogP contribution in [0.25, 0.3) is 0 Å². The zero-order valence-corrected chi connectivity index (χ0v) is 20.3. The molecule has 0 fully saturated rings. The first-order valence-electron chi connectivity index (χ1n) is 11.6. The van der Waals surface area contributed by atoms with Crippen LogP contribution >= 0.6 is 0 Å². The summed E-state index contributed by atoms with van der Waals surface area (Å²) in [4.78, 5) is 49.7. The van der Waals surface area contributed by atoms with Gasteiger partial charge in [0.25, 0.3) is 0 Å². The van der Waals surface area contributed by atoms with Crippen LogP contribution in [0.4, 0.5) is 4.79 Å². The summed E-state index contributed by atoms with van der Waals surface area (Å²) in [5, 5.41) is 7.77. The van der Waals surface area contributed by atoms with E-state index in [9.17, 15) is 19.2 Å². The van der Waals surface area contributed by atoms with Gasteiger partial charge in [-0.3, -0.25) is 14.4 Å². The zero-order chi connectivity index (χ0) is 25.8. The minimum atomic E-state index is -0.987. The SMILES string of the molecule is CC(C)C[C@H](NC(=O)[C@H](C)NC(=O)[C@H](Cc1ccccc1)NC(=O)OCc1ccccc1)C(N)=O. The molecule has 0 spiro atoms. The lowest BCUT2D eigenvalue weighted by Gasteiger charge is -2.23. The molecule has 9 heteroatoms. The van der Waals surface area contributed by atoms with E-state index in [0.29, 0.717) is 6.42 Å². The van der Waals surface area contributed by atoms with Gasteiger partial charge in [0.05, 0.1) is 0 Å². The third-order valence-corrected chi connectivity index (χ3v) is 5.22. The van der Waals surface area contributed by atoms with Gasteiger partial charge in [-0.05, 0) is 30.4 Å². The number of nitrogens with two attached hydrogens (primary N) is 1. The van der Waals surface area contributed by atoms with Crippen LogP contribution in [0, 0.1) is 5.92 Å². The topological polar surface area (TPSA) is 140 Å². The number of rotatable bonds is 12. The molecule has 0 aliphatic carbocycles. The van der Waals surface area contributed by atoms with Gasteiger partial charge in [-0.2, -0.15) is 0 Å². The fourth-order valence-corrected chi connectivity index (χ4v) is 3.36. The second-order valence-electron chi connectivity index (χ2n) is 8.77. The highest BCUT2D eigenvalue weighted by Crippen LogP contribution is 2.07. The average Bonchev–Trinajstić information content (AvgIpc) is 2.82. The average molecular weight is 483 g/mol. The quantitative estimate of drug-likeness (QED) is 0.367. The highest BCUT2D eigenvalue weighted by Gasteiger charge is 2.27. The molecule has 5 N–H and O–H groups in total. The third kappa shape index (κ3) is 9.87. The number of ether oxygens (including phenoxy) is 1. The Labute approximate surface area is 205 Å². The molecule has 3 atom stereocenters. The number of benzene rings is 2. The first kappa shape index (κ1) is 27.4. The van der Waals surface area contributed by atoms with Crippen molar-refractivity contribution in [3.8, 4) is 0 Å². The zero-order valence-electron chi connectivity index (χ0n) is 20.3. The lowest BCUT2D eigenvalue weighted by atomic mass is 10.0. The van der Waals surface area contributed by atoms with Crippen LogP contribution in [-0.4, -0.2) is 41.9 Å². The van der Waals surface area contributed by atoms with Crippen LogP contribution in [0.1, 0.15) is 38.3 Å². The summed E-state index contributed by atoms with van der Waals surface area (Å²) in [6, 6.07) is 15.5. The van der Waals surface area contributed by atoms with Gasteiger partial charge in [-0.25, -0.2) is 4.79 Å². The van der Waals surface area contributed by atoms with Crippen molar-refractivity contribution in [3.63, 3.8) is 0 Å². The van der Waals surface area contributed by atoms with E-state index in [2.05, 4.69) is 16.0 Å². The molecular formula is C26H34N4O5. The van der Waals surface area contributed by atoms with E-state index in [1.54, 1.807) is 0 Å². The molecule has 0 unspecified atom stereocenters. The summed E-state index contributed by atoms with van der Waals surface area (Å²) in [6.07, 6.45) is -0.181. The lowest BCUT2D eigenvalue weighted by Crippen LogP contribution is -2.56. The second kappa shape index (κ2) is 13.7. The molecule has 2 aromatic rings. The summed E-state index contributed by atoms with van der Waals surface area (Å²) >= 11 is 0. The van der Waals surface area contributed by atoms with Gasteiger partial charge in [-0.15, -0.1) is 0 Å². The Bertz CT molecular complexity index is 982. The van der Waals surface area contributed by atoms with Crippen molar-refractivity contribution in [1.82, 2.24) is 16.0 Å². The smallest absolute Gasteiger partial charge is 0.408 e. The Hall–Kier alpha value is -3.88. The van der Waals surface area contributed by atoms with Crippen molar-refractivity contribution in [2.24, 2.45) is 11.7 Å². The minimum absolute atomic E-state index is 0.0511. The van der Waals surface area contributed by atoms with Crippen LogP contribution in [0.2, 0.25) is 0 Å². The molecule has 4 amide bonds. The molecule has 0 radical (unpaired) electrons. The molecule has 0 aromatic heterocycles. The summed E-state index contributed by atoms with van der Waals surface area (Å²) < 4.78 is 5.25. The fraction of sp³-hybridized carbons (Fsp3) is 0.385. The molecular weight excluding hydrogens is 448 g/mol. The van der Waals surface area contributed by atoms with Gasteiger partial charge >= 0.3 is 6.09 Å². The first-order chi connectivity index (χ1) is 16.7. The van der Waals surface area contributed by atoms with Crippen molar-refractivity contribution in [2.75, 3.05) is 0 Å². The van der Waals surface area contributed by atoms with Gasteiger partial charge in [-0.1, -0.05) is 74.5 Å². The highest BCUT2D eigenvalue weighted by molar-refractivity contribution is 5.93. The Morgan fingerprint density at radius 1 is 0.771 bits per heavy atom. The maximum atomic E-state index is 13.0. The van der Waals surface area contributed by atoms with Crippen molar-refractivity contribution in [3.05, 3.63) is 71.8 Å². The van der Waals surface area contributed by atoms with E-state index in [0.717, 1.165) is 11.1 Å². The van der Waals surface area contributed by atoms with Gasteiger partial charge in [0.2, 0.25) is 17.7 Å². The molecule has 0 aliphatic heterocycles. The van der Waals surface area contributed by atoms with Gasteiger partial charge in [0.15, 0.2) is 0 Å². The van der Waals surface area contributed by atoms with E-state index in [1.807, 2.05) is 74.5 Å². The maximum Gasteiger partial charge on any atom is 0.408 e. The van der Waals surface area contributed by atoms with E-state index in [-0.39, 0.29) is 18.9 Å². The van der Waals surface area contributed by atoms with Crippen LogP contribution in [-0.2, 0) is 32.1 Å². The number of alkyl carbamates (subject to hydrolysis) is 1. The first-order valence-corrected chi connectivity index (χ1v) is 11.6. The number of carbonyl (C=O) groups is 4. The molecule has 0 heterocycles. The minimum Gasteiger partial charge on any atom is -0.445 e. The van der Waals surface area contributed by atoms with E-state index in [4.69, 9.17) is 10.5 Å². The van der Waals surface area contributed by atoms with E-state index in [1.165, 1.54) is 6.92 Å². The summed E-state index contributed by atoms with van der Waals surface area (Å²) in [7, 11) is 0. The number of primary amides is 1. The van der Waals surface area contributed by atoms with Crippen LogP contribution in [0.15, 0.2) is 60.7 Å². The second-order valence-corrected chi connectivity index (χ2v) is 8.77. The van der Waals surface area contributed by atoms with Crippen LogP contribution in [0.5, 0.6) is 0 Å². The normalized spacial score (nSPS) is 13.3. The molecule has 0 saturated carbocycles. The van der Waals surface area contributed by atoms with Gasteiger partial charge in [0, 0.05) is 6.42 Å². The summed E-state index contributed by atoms with van der Waals surface area (Å²) in [6.45, 7) is 5.36. The standard InChI is InChI=1S/C26H34N4O5/c1-17(2)14-21(23(27)31)29-24(32)18(3)28-25(33)22(15-19-10-6-4-7-11-19)30-26(34)35-16-20-12-8-5-9-13-20/h4-13,17-18,21-22H,14-16H2,1-3H3,(H2,27,31)(H,28,33)(H,29,32)(H,30,34)/t18-,21-,22-/m0/s1. The van der Waals surface area contributed by atoms with Crippen molar-refractivity contribution in [1.29, 1.82) is 0 Å². The predicted octanol–water partition coefficient (Wildman–Crippen LogP) is 2.04. The number of hydrogen-bond acceptors (Lipinski definition) is 5. The highest BCUT2D eigenvalue weighted by atomic mass is 16.5. The molecule has 2 aromatic carbocycles. The summed E-state index contributed by atoms with van der Waals surface area (Å²) in [5.41, 5.74) is 7.02. The van der Waals surface area contributed by atoms with E-state index < -0.39 is 41.9 Å². The predicted molar refractivity (Wildman–Crippen MR) is 132 cm³/mol. The molecule has 0 aliphatic rings. The molecule has 188 valence electrons. The van der Waals surface area contributed by atoms with Gasteiger partial charge < -0.3 is 26.4 Å². The Morgan fingerprint density at radius 3 is 1.89 bits per heavy atom. The van der Waals surface area contributed by atoms with Crippen molar-refractivity contribution in [2.45, 2.75) is 58.3 Å². The van der Waals surface area contributed by atoms with Crippen molar-refractivity contribution < 1.29 is 23.9 Å². The molecule has 2 rings (SSSR count). The monoisotopic (exact) mass is 482 g/mol. The Morgan fingerprint density at radius 2 is 1.34 bits per heavy atom. The number of nitrogens with one attached hydrogen (secondary N) is 3. The van der Waals surface area contributed by atoms with Crippen LogP contribution < -0.4 is 21.7 Å². The largest absolute Gasteiger partial charge is 0.445 e. The molecule has 0 saturated heterocycles. The number of carbonyl (C=O) groups excluding carboxylic acids is 4. The van der Waals surface area contributed by atoms with E-state index >= 15 is 0 Å². The maximum absolute atomic E-state index is 13.0. The third-order valence-electron chi connectivity index (χ3n) is 5.22. The number of hydrogen-bond donors (Lipinski definition) is 4. The summed E-state index contributed by atoms with van der Waals surface area (Å²) in [5.74, 6) is -1.62. The lowest BCUT2D eigenvalue weighted by molar-refractivity contribution is -0.131. The van der Waals surface area contributed by atoms with Crippen LogP contribution in [0.3, 0.4) is 0 Å². The molecule has 35 heavy (non-hydrogen) atoms. The molecule has 0 bridgehead atoms. The van der Waals surface area contributed by atoms with Gasteiger partial charge in [0.1, 0.15) is 24.7 Å². The Balaban J connectivity index is 2.03. The molecule has 9 nitrogen and oxygen atoms in total. The van der Waals surface area contributed by atoms with Crippen molar-refractivity contribution >= 4 is 23.8 Å². The fourth-order valence-electron chi connectivity index (χ4n) is 3.36. The number of amides is 4. The Kier molecular flexibility index (Phi) is 10.7.